The minimum atomic E-state index is 0.0605. The Labute approximate surface area is 115 Å². The van der Waals surface area contributed by atoms with Crippen LogP contribution in [0.2, 0.25) is 0 Å². The predicted molar refractivity (Wildman–Crippen MR) is 76.1 cm³/mol. The lowest BCUT2D eigenvalue weighted by Crippen LogP contribution is -2.35. The van der Waals surface area contributed by atoms with Gasteiger partial charge in [-0.25, -0.2) is 0 Å². The Bertz CT molecular complexity index is 392. The van der Waals surface area contributed by atoms with Gasteiger partial charge in [-0.05, 0) is 46.5 Å². The first kappa shape index (κ1) is 14.3. The van der Waals surface area contributed by atoms with Gasteiger partial charge in [0.2, 0.25) is 5.89 Å². The van der Waals surface area contributed by atoms with E-state index in [-0.39, 0.29) is 5.54 Å². The summed E-state index contributed by atoms with van der Waals surface area (Å²) < 4.78 is 5.74. The molecule has 0 unspecified atom stereocenters. The Morgan fingerprint density at radius 2 is 2.05 bits per heavy atom. The highest BCUT2D eigenvalue weighted by molar-refractivity contribution is 5.23. The molecule has 1 heterocycles. The zero-order valence-corrected chi connectivity index (χ0v) is 12.6. The summed E-state index contributed by atoms with van der Waals surface area (Å²) in [6, 6.07) is 0.667. The maximum Gasteiger partial charge on any atom is 0.318 e. The van der Waals surface area contributed by atoms with Crippen LogP contribution in [0.25, 0.3) is 0 Å². The van der Waals surface area contributed by atoms with Gasteiger partial charge in [0.25, 0.3) is 0 Å². The lowest BCUT2D eigenvalue weighted by molar-refractivity contribution is 0.311. The number of anilines is 1. The summed E-state index contributed by atoms with van der Waals surface area (Å²) >= 11 is 0. The molecule has 1 fully saturated rings. The van der Waals surface area contributed by atoms with E-state index in [2.05, 4.69) is 48.1 Å². The average molecular weight is 266 g/mol. The number of nitrogens with zero attached hydrogens (tertiary/aromatic N) is 3. The molecule has 0 atom stereocenters. The topological polar surface area (TPSA) is 54.2 Å². The van der Waals surface area contributed by atoms with Crippen molar-refractivity contribution in [1.82, 2.24) is 15.5 Å². The average Bonchev–Trinajstić information content (AvgIpc) is 2.73. The molecule has 0 aromatic carbocycles. The van der Waals surface area contributed by atoms with Crippen molar-refractivity contribution in [2.45, 2.75) is 59.0 Å². The number of hydrogen-bond donors (Lipinski definition) is 1. The van der Waals surface area contributed by atoms with E-state index in [0.717, 1.165) is 19.0 Å². The molecule has 1 saturated carbocycles. The largest absolute Gasteiger partial charge is 0.407 e. The SMILES string of the molecule is CCN(CC1CCC1)c1nnc(CNC(C)(C)C)o1. The first-order valence-electron chi connectivity index (χ1n) is 7.30. The number of nitrogens with one attached hydrogen (secondary N) is 1. The Balaban J connectivity index is 1.90. The van der Waals surface area contributed by atoms with E-state index in [4.69, 9.17) is 4.42 Å². The van der Waals surface area contributed by atoms with Gasteiger partial charge in [-0.1, -0.05) is 11.5 Å². The summed E-state index contributed by atoms with van der Waals surface area (Å²) in [5.41, 5.74) is 0.0605. The fourth-order valence-corrected chi connectivity index (χ4v) is 2.11. The van der Waals surface area contributed by atoms with Crippen LogP contribution in [-0.4, -0.2) is 28.8 Å². The maximum atomic E-state index is 5.74. The van der Waals surface area contributed by atoms with Gasteiger partial charge in [0.1, 0.15) is 0 Å². The molecule has 5 nitrogen and oxygen atoms in total. The second-order valence-electron chi connectivity index (χ2n) is 6.42. The standard InChI is InChI=1S/C14H26N4O/c1-5-18(10-11-7-6-8-11)13-17-16-12(19-13)9-15-14(2,3)4/h11,15H,5-10H2,1-4H3. The highest BCUT2D eigenvalue weighted by Gasteiger charge is 2.23. The van der Waals surface area contributed by atoms with Crippen LogP contribution in [0, 0.1) is 5.92 Å². The number of aromatic nitrogens is 2. The second-order valence-corrected chi connectivity index (χ2v) is 6.42. The van der Waals surface area contributed by atoms with Gasteiger partial charge in [0, 0.05) is 18.6 Å². The highest BCUT2D eigenvalue weighted by atomic mass is 16.4. The molecule has 19 heavy (non-hydrogen) atoms. The van der Waals surface area contributed by atoms with Crippen LogP contribution >= 0.6 is 0 Å². The maximum absolute atomic E-state index is 5.74. The molecule has 0 bridgehead atoms. The Hall–Kier alpha value is -1.10. The van der Waals surface area contributed by atoms with Crippen molar-refractivity contribution in [3.05, 3.63) is 5.89 Å². The van der Waals surface area contributed by atoms with Gasteiger partial charge in [-0.3, -0.25) is 0 Å². The molecule has 5 heteroatoms. The molecule has 0 saturated heterocycles. The van der Waals surface area contributed by atoms with E-state index in [9.17, 15) is 0 Å². The van der Waals surface area contributed by atoms with Crippen LogP contribution in [0.3, 0.4) is 0 Å². The zero-order chi connectivity index (χ0) is 13.9. The van der Waals surface area contributed by atoms with Gasteiger partial charge >= 0.3 is 6.01 Å². The fraction of sp³-hybridized carbons (Fsp3) is 0.857. The first-order chi connectivity index (χ1) is 8.98. The van der Waals surface area contributed by atoms with Crippen molar-refractivity contribution in [2.75, 3.05) is 18.0 Å². The molecular weight excluding hydrogens is 240 g/mol. The molecule has 0 spiro atoms. The van der Waals surface area contributed by atoms with Crippen LogP contribution in [0.4, 0.5) is 6.01 Å². The smallest absolute Gasteiger partial charge is 0.318 e. The molecule has 1 aromatic heterocycles. The van der Waals surface area contributed by atoms with Crippen molar-refractivity contribution in [2.24, 2.45) is 5.92 Å². The summed E-state index contributed by atoms with van der Waals surface area (Å²) in [7, 11) is 0. The van der Waals surface area contributed by atoms with Crippen molar-refractivity contribution in [3.63, 3.8) is 0 Å². The zero-order valence-electron chi connectivity index (χ0n) is 12.6. The Morgan fingerprint density at radius 1 is 1.32 bits per heavy atom. The summed E-state index contributed by atoms with van der Waals surface area (Å²) in [5, 5.41) is 11.6. The molecule has 1 aromatic rings. The highest BCUT2D eigenvalue weighted by Crippen LogP contribution is 2.28. The van der Waals surface area contributed by atoms with Crippen LogP contribution in [-0.2, 0) is 6.54 Å². The lowest BCUT2D eigenvalue weighted by atomic mass is 9.85. The van der Waals surface area contributed by atoms with Crippen molar-refractivity contribution in [3.8, 4) is 0 Å². The summed E-state index contributed by atoms with van der Waals surface area (Å²) in [5.74, 6) is 1.47. The molecule has 0 aliphatic heterocycles. The number of rotatable bonds is 6. The molecule has 1 aliphatic carbocycles. The van der Waals surface area contributed by atoms with Crippen LogP contribution in [0.15, 0.2) is 4.42 Å². The monoisotopic (exact) mass is 266 g/mol. The van der Waals surface area contributed by atoms with Crippen molar-refractivity contribution < 1.29 is 4.42 Å². The van der Waals surface area contributed by atoms with Crippen molar-refractivity contribution in [1.29, 1.82) is 0 Å². The van der Waals surface area contributed by atoms with E-state index in [1.165, 1.54) is 19.3 Å². The van der Waals surface area contributed by atoms with Crippen LogP contribution in [0.5, 0.6) is 0 Å². The fourth-order valence-electron chi connectivity index (χ4n) is 2.11. The lowest BCUT2D eigenvalue weighted by Gasteiger charge is -2.30. The quantitative estimate of drug-likeness (QED) is 0.857. The molecular formula is C14H26N4O. The molecule has 108 valence electrons. The van der Waals surface area contributed by atoms with E-state index < -0.39 is 0 Å². The van der Waals surface area contributed by atoms with Gasteiger partial charge < -0.3 is 14.6 Å². The van der Waals surface area contributed by atoms with Gasteiger partial charge in [-0.15, -0.1) is 5.10 Å². The normalized spacial score (nSPS) is 16.4. The van der Waals surface area contributed by atoms with E-state index in [0.29, 0.717) is 18.5 Å². The minimum Gasteiger partial charge on any atom is -0.407 e. The third-order valence-corrected chi connectivity index (χ3v) is 3.58. The van der Waals surface area contributed by atoms with Crippen LogP contribution in [0.1, 0.15) is 52.8 Å². The second kappa shape index (κ2) is 5.90. The Kier molecular flexibility index (Phi) is 4.45. The van der Waals surface area contributed by atoms with E-state index >= 15 is 0 Å². The van der Waals surface area contributed by atoms with Crippen LogP contribution < -0.4 is 10.2 Å². The summed E-state index contributed by atoms with van der Waals surface area (Å²) in [6.07, 6.45) is 4.04. The molecule has 1 aliphatic rings. The molecule has 1 N–H and O–H groups in total. The van der Waals surface area contributed by atoms with Gasteiger partial charge in [-0.2, -0.15) is 0 Å². The predicted octanol–water partition coefficient (Wildman–Crippen LogP) is 2.58. The number of hydrogen-bond acceptors (Lipinski definition) is 5. The van der Waals surface area contributed by atoms with E-state index in [1.807, 2.05) is 0 Å². The minimum absolute atomic E-state index is 0.0605. The molecule has 0 radical (unpaired) electrons. The Morgan fingerprint density at radius 3 is 2.58 bits per heavy atom. The third-order valence-electron chi connectivity index (χ3n) is 3.58. The third kappa shape index (κ3) is 4.20. The molecule has 2 rings (SSSR count). The molecule has 0 amide bonds. The summed E-state index contributed by atoms with van der Waals surface area (Å²) in [4.78, 5) is 2.19. The van der Waals surface area contributed by atoms with E-state index in [1.54, 1.807) is 0 Å². The van der Waals surface area contributed by atoms with Gasteiger partial charge in [0.15, 0.2) is 0 Å². The summed E-state index contributed by atoms with van der Waals surface area (Å²) in [6.45, 7) is 11.1. The van der Waals surface area contributed by atoms with Gasteiger partial charge in [0.05, 0.1) is 6.54 Å². The first-order valence-corrected chi connectivity index (χ1v) is 7.30. The van der Waals surface area contributed by atoms with Crippen molar-refractivity contribution >= 4 is 6.01 Å².